The van der Waals surface area contributed by atoms with Gasteiger partial charge in [-0.25, -0.2) is 4.39 Å². The van der Waals surface area contributed by atoms with Crippen LogP contribution in [0.4, 0.5) is 4.39 Å². The van der Waals surface area contributed by atoms with Crippen LogP contribution in [-0.2, 0) is 11.8 Å². The van der Waals surface area contributed by atoms with Gasteiger partial charge in [-0.3, -0.25) is 9.59 Å². The van der Waals surface area contributed by atoms with Crippen LogP contribution in [0.25, 0.3) is 0 Å². The van der Waals surface area contributed by atoms with Crippen molar-refractivity contribution in [2.75, 3.05) is 6.61 Å². The Morgan fingerprint density at radius 2 is 1.91 bits per heavy atom. The number of aryl methyl sites for hydroxylation is 2. The highest BCUT2D eigenvalue weighted by Gasteiger charge is 2.25. The van der Waals surface area contributed by atoms with Gasteiger partial charge in [0.2, 0.25) is 5.56 Å². The maximum atomic E-state index is 14.9. The Morgan fingerprint density at radius 1 is 1.17 bits per heavy atom. The Labute approximate surface area is 207 Å². The summed E-state index contributed by atoms with van der Waals surface area (Å²) in [4.78, 5) is 34.3. The van der Waals surface area contributed by atoms with Crippen molar-refractivity contribution in [1.82, 2.24) is 4.57 Å². The van der Waals surface area contributed by atoms with Gasteiger partial charge in [-0.2, -0.15) is 4.91 Å². The minimum absolute atomic E-state index is 0.0221. The van der Waals surface area contributed by atoms with Gasteiger partial charge in [0, 0.05) is 36.7 Å². The van der Waals surface area contributed by atoms with Crippen LogP contribution in [0.1, 0.15) is 53.5 Å². The van der Waals surface area contributed by atoms with E-state index < -0.39 is 23.7 Å². The lowest BCUT2D eigenvalue weighted by atomic mass is 9.82. The van der Waals surface area contributed by atoms with E-state index in [2.05, 4.69) is 5.18 Å². The van der Waals surface area contributed by atoms with E-state index in [1.54, 1.807) is 37.5 Å². The molecule has 0 aliphatic carbocycles. The lowest BCUT2D eigenvalue weighted by Gasteiger charge is -2.23. The average Bonchev–Trinajstić information content (AvgIpc) is 2.81. The molecule has 2 atom stereocenters. The summed E-state index contributed by atoms with van der Waals surface area (Å²) in [6.45, 7) is 1.96. The Bertz CT molecular complexity index is 1280. The molecule has 35 heavy (non-hydrogen) atoms. The Kier molecular flexibility index (Phi) is 8.76. The van der Waals surface area contributed by atoms with E-state index in [0.717, 1.165) is 11.1 Å². The number of pyridine rings is 1. The van der Waals surface area contributed by atoms with Gasteiger partial charge >= 0.3 is 5.97 Å². The Hall–Kier alpha value is -3.52. The van der Waals surface area contributed by atoms with E-state index in [4.69, 9.17) is 21.4 Å². The number of carbonyl (C=O) groups is 1. The molecule has 0 amide bonds. The van der Waals surface area contributed by atoms with Crippen molar-refractivity contribution in [2.45, 2.75) is 38.1 Å². The van der Waals surface area contributed by atoms with Crippen LogP contribution in [0.5, 0.6) is 5.75 Å². The quantitative estimate of drug-likeness (QED) is 0.266. The number of benzene rings is 2. The molecule has 1 N–H and O–H groups in total. The van der Waals surface area contributed by atoms with Crippen LogP contribution >= 0.6 is 11.6 Å². The van der Waals surface area contributed by atoms with Crippen molar-refractivity contribution in [3.63, 3.8) is 0 Å². The minimum Gasteiger partial charge on any atom is -0.491 e. The smallest absolute Gasteiger partial charge is 0.303 e. The van der Waals surface area contributed by atoms with Gasteiger partial charge in [-0.1, -0.05) is 28.9 Å². The Balaban J connectivity index is 1.95. The molecule has 0 saturated carbocycles. The fraction of sp³-hybridized carbons (Fsp3) is 0.308. The third kappa shape index (κ3) is 6.76. The molecule has 0 aliphatic heterocycles. The summed E-state index contributed by atoms with van der Waals surface area (Å²) >= 11 is 6.14. The largest absolute Gasteiger partial charge is 0.491 e. The van der Waals surface area contributed by atoms with Crippen molar-refractivity contribution in [1.29, 1.82) is 0 Å². The van der Waals surface area contributed by atoms with Crippen LogP contribution in [0, 0.1) is 17.6 Å². The number of aromatic nitrogens is 1. The first-order valence-electron chi connectivity index (χ1n) is 11.1. The number of hydrogen-bond donors (Lipinski definition) is 1. The minimum atomic E-state index is -0.942. The molecule has 9 heteroatoms. The number of carboxylic acid groups (broad SMARTS) is 1. The third-order valence-corrected chi connectivity index (χ3v) is 6.07. The summed E-state index contributed by atoms with van der Waals surface area (Å²) in [6, 6.07) is 12.1. The summed E-state index contributed by atoms with van der Waals surface area (Å²) < 4.78 is 21.7. The molecule has 1 aromatic heterocycles. The van der Waals surface area contributed by atoms with Crippen molar-refractivity contribution in [3.05, 3.63) is 103 Å². The van der Waals surface area contributed by atoms with Crippen molar-refractivity contribution >= 4 is 17.6 Å². The third-order valence-electron chi connectivity index (χ3n) is 5.84. The van der Waals surface area contributed by atoms with E-state index in [-0.39, 0.29) is 37.2 Å². The first-order valence-corrected chi connectivity index (χ1v) is 11.5. The second kappa shape index (κ2) is 11.8. The maximum Gasteiger partial charge on any atom is 0.303 e. The van der Waals surface area contributed by atoms with Crippen molar-refractivity contribution < 1.29 is 19.0 Å². The first kappa shape index (κ1) is 26.1. The molecule has 2 unspecified atom stereocenters. The van der Waals surface area contributed by atoms with Gasteiger partial charge < -0.3 is 14.4 Å². The SMILES string of the molecule is Cc1cc(Cl)ccc1C(CC(N=O)c1ccc(=O)n(C)c1)c1ccc(OCCCC(=O)O)c(F)c1. The summed E-state index contributed by atoms with van der Waals surface area (Å²) in [5.74, 6) is -1.91. The maximum absolute atomic E-state index is 14.9. The normalized spacial score (nSPS) is 12.7. The van der Waals surface area contributed by atoms with Crippen LogP contribution < -0.4 is 10.3 Å². The zero-order valence-electron chi connectivity index (χ0n) is 19.4. The second-order valence-corrected chi connectivity index (χ2v) is 8.79. The standard InChI is InChI=1S/C26H26ClFN2O5/c1-16-12-19(27)7-8-20(16)21(14-23(29-34)18-6-10-25(31)30(2)15-18)17-5-9-24(22(28)13-17)35-11-3-4-26(32)33/h5-10,12-13,15,21,23H,3-4,11,14H2,1-2H3,(H,32,33). The highest BCUT2D eigenvalue weighted by Crippen LogP contribution is 2.38. The average molecular weight is 501 g/mol. The molecule has 7 nitrogen and oxygen atoms in total. The Morgan fingerprint density at radius 3 is 2.54 bits per heavy atom. The molecular formula is C26H26ClFN2O5. The predicted octanol–water partition coefficient (Wildman–Crippen LogP) is 5.76. The molecule has 1 heterocycles. The van der Waals surface area contributed by atoms with Gasteiger partial charge in [0.25, 0.3) is 0 Å². The monoisotopic (exact) mass is 500 g/mol. The van der Waals surface area contributed by atoms with E-state index in [9.17, 15) is 18.9 Å². The fourth-order valence-electron chi connectivity index (χ4n) is 4.00. The van der Waals surface area contributed by atoms with Crippen molar-refractivity contribution in [2.24, 2.45) is 12.2 Å². The zero-order chi connectivity index (χ0) is 25.5. The number of ether oxygens (including phenoxy) is 1. The van der Waals surface area contributed by atoms with E-state index in [0.29, 0.717) is 16.1 Å². The number of carboxylic acids is 1. The van der Waals surface area contributed by atoms with Crippen LogP contribution in [0.15, 0.2) is 64.7 Å². The van der Waals surface area contributed by atoms with Crippen LogP contribution in [-0.4, -0.2) is 22.2 Å². The highest BCUT2D eigenvalue weighted by molar-refractivity contribution is 6.30. The topological polar surface area (TPSA) is 98.0 Å². The molecule has 3 aromatic rings. The first-order chi connectivity index (χ1) is 16.7. The van der Waals surface area contributed by atoms with Crippen LogP contribution in [0.3, 0.4) is 0 Å². The van der Waals surface area contributed by atoms with E-state index in [1.165, 1.54) is 22.8 Å². The summed E-state index contributed by atoms with van der Waals surface area (Å²) in [6.07, 6.45) is 2.01. The number of halogens is 2. The second-order valence-electron chi connectivity index (χ2n) is 8.36. The lowest BCUT2D eigenvalue weighted by molar-refractivity contribution is -0.137. The zero-order valence-corrected chi connectivity index (χ0v) is 20.2. The summed E-state index contributed by atoms with van der Waals surface area (Å²) in [5, 5.41) is 12.6. The van der Waals surface area contributed by atoms with Gasteiger partial charge in [0.15, 0.2) is 11.6 Å². The molecule has 0 fully saturated rings. The summed E-state index contributed by atoms with van der Waals surface area (Å²) in [5.41, 5.74) is 2.73. The highest BCUT2D eigenvalue weighted by atomic mass is 35.5. The molecule has 3 rings (SSSR count). The molecule has 2 aromatic carbocycles. The van der Waals surface area contributed by atoms with E-state index >= 15 is 0 Å². The number of rotatable bonds is 11. The molecule has 184 valence electrons. The van der Waals surface area contributed by atoms with Gasteiger partial charge in [0.05, 0.1) is 6.61 Å². The molecule has 0 saturated heterocycles. The number of nitrogens with zero attached hydrogens (tertiary/aromatic N) is 2. The van der Waals surface area contributed by atoms with Gasteiger partial charge in [0.1, 0.15) is 6.04 Å². The lowest BCUT2D eigenvalue weighted by Crippen LogP contribution is -2.16. The molecule has 0 aliphatic rings. The van der Waals surface area contributed by atoms with Gasteiger partial charge in [-0.05, 0) is 72.4 Å². The van der Waals surface area contributed by atoms with Crippen molar-refractivity contribution in [3.8, 4) is 5.75 Å². The fourth-order valence-corrected chi connectivity index (χ4v) is 4.23. The molecular weight excluding hydrogens is 475 g/mol. The van der Waals surface area contributed by atoms with E-state index in [1.807, 2.05) is 13.0 Å². The molecule has 0 spiro atoms. The van der Waals surface area contributed by atoms with Crippen LogP contribution in [0.2, 0.25) is 5.02 Å². The predicted molar refractivity (Wildman–Crippen MR) is 132 cm³/mol. The number of hydrogen-bond acceptors (Lipinski definition) is 5. The molecule has 0 bridgehead atoms. The number of aliphatic carboxylic acids is 1. The summed E-state index contributed by atoms with van der Waals surface area (Å²) in [7, 11) is 1.60. The van der Waals surface area contributed by atoms with Gasteiger partial charge in [-0.15, -0.1) is 0 Å². The molecule has 0 radical (unpaired) electrons. The number of nitroso groups, excluding NO2 is 1.